The molecule has 2 fully saturated rings. The lowest BCUT2D eigenvalue weighted by Crippen LogP contribution is -2.62. The smallest absolute Gasteiger partial charge is 0.331 e. The van der Waals surface area contributed by atoms with Crippen molar-refractivity contribution in [3.8, 4) is 45.8 Å². The molecule has 288 valence electrons. The van der Waals surface area contributed by atoms with E-state index in [9.17, 15) is 60.7 Å². The van der Waals surface area contributed by atoms with Crippen LogP contribution in [-0.2, 0) is 23.7 Å². The summed E-state index contributed by atoms with van der Waals surface area (Å²) < 4.78 is 34.1. The molecule has 0 amide bonds. The summed E-state index contributed by atoms with van der Waals surface area (Å²) in [6, 6.07) is 10.9. The molecule has 2 aliphatic rings. The van der Waals surface area contributed by atoms with Crippen LogP contribution in [0.4, 0.5) is 0 Å². The van der Waals surface area contributed by atoms with Crippen molar-refractivity contribution in [3.05, 3.63) is 76.5 Å². The van der Waals surface area contributed by atoms with Gasteiger partial charge in [0.15, 0.2) is 29.7 Å². The molecule has 10 atom stereocenters. The fraction of sp³-hybridized carbons (Fsp3) is 0.333. The predicted octanol–water partition coefficient (Wildman–Crippen LogP) is 0.283. The fourth-order valence-electron chi connectivity index (χ4n) is 5.89. The number of hydrogen-bond donors (Lipinski definition) is 10. The SMILES string of the molecule is C[C@@H]1O[C@@H](OC[C@H]2O[C@@H](Oc3c(-c4ccc(O)c(O)c4)oc4cc(O)cc(O)c4c3=O)[C@H](O)[C@H](O)[C@H]2OC(=O)/C=C\c2ccc(O)cc2)[C@H](O)[C@@H](O)[C@H]1O. The summed E-state index contributed by atoms with van der Waals surface area (Å²) in [5.74, 6) is -4.59. The normalized spacial score (nSPS) is 28.6. The molecule has 0 bridgehead atoms. The van der Waals surface area contributed by atoms with E-state index in [2.05, 4.69) is 0 Å². The molecule has 0 aliphatic carbocycles. The number of phenols is 5. The van der Waals surface area contributed by atoms with E-state index in [1.165, 1.54) is 43.3 Å². The second-order valence-corrected chi connectivity index (χ2v) is 12.6. The van der Waals surface area contributed by atoms with Crippen molar-refractivity contribution in [2.75, 3.05) is 6.61 Å². The van der Waals surface area contributed by atoms with E-state index in [-0.39, 0.29) is 16.9 Å². The van der Waals surface area contributed by atoms with Gasteiger partial charge in [-0.05, 0) is 48.9 Å². The number of phenolic OH excluding ortho intramolecular Hbond substituents is 5. The molecular formula is C36H36O18. The summed E-state index contributed by atoms with van der Waals surface area (Å²) in [4.78, 5) is 26.8. The van der Waals surface area contributed by atoms with E-state index in [4.69, 9.17) is 28.1 Å². The first kappa shape index (κ1) is 38.3. The quantitative estimate of drug-likeness (QED) is 0.0623. The lowest BCUT2D eigenvalue weighted by Gasteiger charge is -2.43. The number of aromatic hydroxyl groups is 5. The molecule has 0 spiro atoms. The van der Waals surface area contributed by atoms with E-state index in [0.717, 1.165) is 30.3 Å². The molecule has 3 aromatic carbocycles. The van der Waals surface area contributed by atoms with Gasteiger partial charge in [0.05, 0.1) is 12.7 Å². The standard InChI is InChI=1S/C36H36O18/c1-14-26(43)28(45)30(47)35(50-14)49-13-23-33(53-24(42)9-4-15-2-6-17(37)7-3-15)29(46)31(48)36(52-23)54-34-27(44)25-21(41)11-18(38)12-22(25)51-32(34)16-5-8-19(39)20(40)10-16/h2-12,14,23,26,28-31,33,35-41,43,45-48H,13H2,1H3/b9-4-/t14-,23+,26-,28-,29-,30+,31+,33-,35+,36-/m0/s1. The Labute approximate surface area is 304 Å². The first-order valence-electron chi connectivity index (χ1n) is 16.3. The van der Waals surface area contributed by atoms with Crippen LogP contribution >= 0.6 is 0 Å². The molecule has 2 saturated heterocycles. The Kier molecular flexibility index (Phi) is 11.0. The average molecular weight is 757 g/mol. The van der Waals surface area contributed by atoms with E-state index in [0.29, 0.717) is 5.56 Å². The monoisotopic (exact) mass is 756 g/mol. The van der Waals surface area contributed by atoms with Crippen LogP contribution in [-0.4, -0.2) is 125 Å². The number of ether oxygens (including phenoxy) is 5. The molecule has 6 rings (SSSR count). The number of benzene rings is 3. The van der Waals surface area contributed by atoms with Gasteiger partial charge >= 0.3 is 5.97 Å². The predicted molar refractivity (Wildman–Crippen MR) is 181 cm³/mol. The van der Waals surface area contributed by atoms with Gasteiger partial charge in [-0.3, -0.25) is 4.79 Å². The second-order valence-electron chi connectivity index (χ2n) is 12.6. The Morgan fingerprint density at radius 2 is 1.46 bits per heavy atom. The molecule has 18 nitrogen and oxygen atoms in total. The third-order valence-electron chi connectivity index (χ3n) is 8.82. The summed E-state index contributed by atoms with van der Waals surface area (Å²) in [6.45, 7) is 0.716. The Bertz CT molecular complexity index is 2080. The second kappa shape index (κ2) is 15.5. The van der Waals surface area contributed by atoms with Crippen LogP contribution in [0.25, 0.3) is 28.4 Å². The topological polar surface area (TPSA) is 296 Å². The number of rotatable bonds is 9. The summed E-state index contributed by atoms with van der Waals surface area (Å²) in [5.41, 5.74) is -0.977. The Morgan fingerprint density at radius 3 is 2.17 bits per heavy atom. The maximum absolute atomic E-state index is 13.9. The summed E-state index contributed by atoms with van der Waals surface area (Å²) in [6.07, 6.45) is -14.6. The number of fused-ring (bicyclic) bond motifs is 1. The molecule has 4 aromatic rings. The zero-order valence-electron chi connectivity index (χ0n) is 28.1. The van der Waals surface area contributed by atoms with Gasteiger partial charge < -0.3 is 79.2 Å². The first-order valence-corrected chi connectivity index (χ1v) is 16.3. The van der Waals surface area contributed by atoms with Gasteiger partial charge in [0.25, 0.3) is 0 Å². The fourth-order valence-corrected chi connectivity index (χ4v) is 5.89. The van der Waals surface area contributed by atoms with E-state index < -0.39 is 119 Å². The summed E-state index contributed by atoms with van der Waals surface area (Å²) in [5, 5.41) is 103. The van der Waals surface area contributed by atoms with Crippen LogP contribution in [0.3, 0.4) is 0 Å². The lowest BCUT2D eigenvalue weighted by atomic mass is 9.98. The lowest BCUT2D eigenvalue weighted by molar-refractivity contribution is -0.319. The Hall–Kier alpha value is -5.44. The van der Waals surface area contributed by atoms with Gasteiger partial charge in [0.2, 0.25) is 17.5 Å². The van der Waals surface area contributed by atoms with E-state index >= 15 is 0 Å². The van der Waals surface area contributed by atoms with Crippen molar-refractivity contribution in [2.45, 2.75) is 68.3 Å². The minimum absolute atomic E-state index is 0.0137. The van der Waals surface area contributed by atoms with Crippen molar-refractivity contribution < 1.29 is 84.0 Å². The highest BCUT2D eigenvalue weighted by Gasteiger charge is 2.50. The Morgan fingerprint density at radius 1 is 0.759 bits per heavy atom. The van der Waals surface area contributed by atoms with Crippen molar-refractivity contribution in [2.24, 2.45) is 0 Å². The number of esters is 1. The van der Waals surface area contributed by atoms with Gasteiger partial charge in [-0.2, -0.15) is 0 Å². The van der Waals surface area contributed by atoms with Crippen LogP contribution < -0.4 is 10.2 Å². The highest BCUT2D eigenvalue weighted by atomic mass is 16.7. The van der Waals surface area contributed by atoms with Gasteiger partial charge in [-0.15, -0.1) is 0 Å². The molecule has 18 heteroatoms. The molecule has 0 unspecified atom stereocenters. The van der Waals surface area contributed by atoms with E-state index in [1.807, 2.05) is 0 Å². The molecule has 1 aromatic heterocycles. The van der Waals surface area contributed by atoms with Crippen LogP contribution in [0.2, 0.25) is 0 Å². The third-order valence-corrected chi connectivity index (χ3v) is 8.82. The minimum atomic E-state index is -2.08. The maximum Gasteiger partial charge on any atom is 0.331 e. The number of hydrogen-bond acceptors (Lipinski definition) is 18. The van der Waals surface area contributed by atoms with Gasteiger partial charge in [0.1, 0.15) is 64.8 Å². The van der Waals surface area contributed by atoms with Gasteiger partial charge in [-0.1, -0.05) is 12.1 Å². The highest BCUT2D eigenvalue weighted by Crippen LogP contribution is 2.39. The largest absolute Gasteiger partial charge is 0.508 e. The zero-order chi connectivity index (χ0) is 39.0. The van der Waals surface area contributed by atoms with Crippen LogP contribution in [0, 0.1) is 0 Å². The molecule has 10 N–H and O–H groups in total. The van der Waals surface area contributed by atoms with Crippen molar-refractivity contribution in [3.63, 3.8) is 0 Å². The minimum Gasteiger partial charge on any atom is -0.508 e. The van der Waals surface area contributed by atoms with Crippen LogP contribution in [0.5, 0.6) is 34.5 Å². The molecule has 54 heavy (non-hydrogen) atoms. The van der Waals surface area contributed by atoms with E-state index in [1.54, 1.807) is 0 Å². The Balaban J connectivity index is 1.34. The summed E-state index contributed by atoms with van der Waals surface area (Å²) >= 11 is 0. The number of aliphatic hydroxyl groups is 5. The summed E-state index contributed by atoms with van der Waals surface area (Å²) in [7, 11) is 0. The maximum atomic E-state index is 13.9. The molecule has 2 aliphatic heterocycles. The molecule has 0 saturated carbocycles. The molecular weight excluding hydrogens is 720 g/mol. The zero-order valence-corrected chi connectivity index (χ0v) is 28.1. The van der Waals surface area contributed by atoms with Gasteiger partial charge in [-0.25, -0.2) is 4.79 Å². The first-order chi connectivity index (χ1) is 25.6. The van der Waals surface area contributed by atoms with Crippen LogP contribution in [0.1, 0.15) is 12.5 Å². The highest BCUT2D eigenvalue weighted by molar-refractivity contribution is 5.88. The number of aliphatic hydroxyl groups excluding tert-OH is 5. The molecule has 0 radical (unpaired) electrons. The average Bonchev–Trinajstić information content (AvgIpc) is 3.13. The molecule has 3 heterocycles. The number of carbonyl (C=O) groups excluding carboxylic acids is 1. The van der Waals surface area contributed by atoms with Crippen molar-refractivity contribution in [1.82, 2.24) is 0 Å². The van der Waals surface area contributed by atoms with Gasteiger partial charge in [0, 0.05) is 23.8 Å². The third kappa shape index (κ3) is 7.77. The van der Waals surface area contributed by atoms with Crippen molar-refractivity contribution >= 4 is 23.0 Å². The van der Waals surface area contributed by atoms with Crippen LogP contribution in [0.15, 0.2) is 69.9 Å². The van der Waals surface area contributed by atoms with Crippen molar-refractivity contribution in [1.29, 1.82) is 0 Å². The number of carbonyl (C=O) groups is 1.